The van der Waals surface area contributed by atoms with Crippen LogP contribution in [0.15, 0.2) is 57.1 Å². The van der Waals surface area contributed by atoms with E-state index >= 15 is 0 Å². The SMILES string of the molecule is CC(C)(C)c1cc(Br)c(O)c(C=NN=C(N)SCc2ccccc2)c1. The average Bonchev–Trinajstić information content (AvgIpc) is 2.56. The summed E-state index contributed by atoms with van der Waals surface area (Å²) in [4.78, 5) is 0. The van der Waals surface area contributed by atoms with Crippen molar-refractivity contribution in [3.05, 3.63) is 63.6 Å². The molecule has 0 radical (unpaired) electrons. The fourth-order valence-electron chi connectivity index (χ4n) is 2.06. The van der Waals surface area contributed by atoms with Crippen LogP contribution >= 0.6 is 27.7 Å². The number of aromatic hydroxyl groups is 1. The van der Waals surface area contributed by atoms with E-state index in [-0.39, 0.29) is 11.2 Å². The van der Waals surface area contributed by atoms with Crippen molar-refractivity contribution in [2.75, 3.05) is 0 Å². The third-order valence-corrected chi connectivity index (χ3v) is 5.00. The van der Waals surface area contributed by atoms with Gasteiger partial charge < -0.3 is 10.8 Å². The number of hydrogen-bond acceptors (Lipinski definition) is 4. The normalized spacial score (nSPS) is 12.7. The first-order valence-electron chi connectivity index (χ1n) is 7.83. The highest BCUT2D eigenvalue weighted by atomic mass is 79.9. The molecule has 0 fully saturated rings. The van der Waals surface area contributed by atoms with Crippen molar-refractivity contribution in [1.29, 1.82) is 0 Å². The van der Waals surface area contributed by atoms with Crippen LogP contribution in [-0.2, 0) is 11.2 Å². The molecule has 0 amide bonds. The lowest BCUT2D eigenvalue weighted by Crippen LogP contribution is -2.11. The van der Waals surface area contributed by atoms with E-state index in [1.807, 2.05) is 42.5 Å². The molecule has 2 aromatic rings. The molecule has 3 N–H and O–H groups in total. The molecule has 0 bridgehead atoms. The fraction of sp³-hybridized carbons (Fsp3) is 0.263. The minimum Gasteiger partial charge on any atom is -0.506 e. The van der Waals surface area contributed by atoms with E-state index in [9.17, 15) is 5.11 Å². The third kappa shape index (κ3) is 5.90. The molecule has 0 saturated carbocycles. The smallest absolute Gasteiger partial charge is 0.180 e. The second-order valence-corrected chi connectivity index (χ2v) is 8.45. The van der Waals surface area contributed by atoms with E-state index < -0.39 is 0 Å². The van der Waals surface area contributed by atoms with E-state index in [4.69, 9.17) is 5.73 Å². The van der Waals surface area contributed by atoms with Gasteiger partial charge in [0.1, 0.15) is 5.75 Å². The highest BCUT2D eigenvalue weighted by Crippen LogP contribution is 2.33. The van der Waals surface area contributed by atoms with E-state index in [1.165, 1.54) is 23.5 Å². The van der Waals surface area contributed by atoms with Crippen LogP contribution in [0.2, 0.25) is 0 Å². The second kappa shape index (κ2) is 8.54. The van der Waals surface area contributed by atoms with Gasteiger partial charge in [0.2, 0.25) is 0 Å². The summed E-state index contributed by atoms with van der Waals surface area (Å²) in [7, 11) is 0. The van der Waals surface area contributed by atoms with Crippen LogP contribution in [0, 0.1) is 0 Å². The monoisotopic (exact) mass is 419 g/mol. The Hall–Kier alpha value is -1.79. The molecular formula is C19H22BrN3OS. The van der Waals surface area contributed by atoms with Gasteiger partial charge >= 0.3 is 0 Å². The zero-order valence-corrected chi connectivity index (χ0v) is 16.9. The largest absolute Gasteiger partial charge is 0.506 e. The minimum atomic E-state index is -0.0351. The molecule has 0 spiro atoms. The van der Waals surface area contributed by atoms with E-state index in [0.717, 1.165) is 11.3 Å². The van der Waals surface area contributed by atoms with Crippen molar-refractivity contribution in [3.63, 3.8) is 0 Å². The maximum atomic E-state index is 10.2. The molecule has 4 nitrogen and oxygen atoms in total. The van der Waals surface area contributed by atoms with E-state index in [2.05, 4.69) is 46.9 Å². The standard InChI is InChI=1S/C19H22BrN3OS/c1-19(2,3)15-9-14(17(24)16(20)10-15)11-22-23-18(21)25-12-13-7-5-4-6-8-13/h4-11,24H,12H2,1-3H3,(H2,21,23). The highest BCUT2D eigenvalue weighted by molar-refractivity contribution is 9.10. The van der Waals surface area contributed by atoms with E-state index in [0.29, 0.717) is 15.2 Å². The van der Waals surface area contributed by atoms with Gasteiger partial charge in [-0.1, -0.05) is 62.9 Å². The molecular weight excluding hydrogens is 398 g/mol. The summed E-state index contributed by atoms with van der Waals surface area (Å²) < 4.78 is 0.636. The molecule has 0 atom stereocenters. The van der Waals surface area contributed by atoms with Crippen molar-refractivity contribution in [2.45, 2.75) is 31.9 Å². The summed E-state index contributed by atoms with van der Waals surface area (Å²) in [6.07, 6.45) is 1.52. The topological polar surface area (TPSA) is 71.0 Å². The number of nitrogens with two attached hydrogens (primary N) is 1. The number of thioether (sulfide) groups is 1. The number of halogens is 1. The van der Waals surface area contributed by atoms with Crippen LogP contribution in [-0.4, -0.2) is 16.5 Å². The van der Waals surface area contributed by atoms with Gasteiger partial charge in [-0.25, -0.2) is 0 Å². The Labute approximate surface area is 161 Å². The molecule has 0 heterocycles. The maximum absolute atomic E-state index is 10.2. The summed E-state index contributed by atoms with van der Waals surface area (Å²) in [5, 5.41) is 18.6. The molecule has 0 saturated heterocycles. The summed E-state index contributed by atoms with van der Waals surface area (Å²) >= 11 is 4.81. The Balaban J connectivity index is 2.09. The molecule has 2 aromatic carbocycles. The highest BCUT2D eigenvalue weighted by Gasteiger charge is 2.17. The van der Waals surface area contributed by atoms with Gasteiger partial charge in [-0.2, -0.15) is 5.10 Å². The minimum absolute atomic E-state index is 0.0351. The van der Waals surface area contributed by atoms with Crippen LogP contribution < -0.4 is 5.73 Å². The number of benzene rings is 2. The summed E-state index contributed by atoms with van der Waals surface area (Å²) in [6, 6.07) is 13.9. The number of phenols is 1. The Morgan fingerprint density at radius 2 is 1.92 bits per heavy atom. The summed E-state index contributed by atoms with van der Waals surface area (Å²) in [5.41, 5.74) is 8.71. The number of hydrogen-bond donors (Lipinski definition) is 2. The number of nitrogens with zero attached hydrogens (tertiary/aromatic N) is 2. The first kappa shape index (κ1) is 19.5. The van der Waals surface area contributed by atoms with Crippen LogP contribution in [0.3, 0.4) is 0 Å². The summed E-state index contributed by atoms with van der Waals surface area (Å²) in [6.45, 7) is 6.34. The van der Waals surface area contributed by atoms with Crippen LogP contribution in [0.1, 0.15) is 37.5 Å². The number of rotatable bonds is 4. The Bertz CT molecular complexity index is 783. The van der Waals surface area contributed by atoms with Gasteiger partial charge in [0, 0.05) is 11.3 Å². The Morgan fingerprint density at radius 1 is 1.24 bits per heavy atom. The molecule has 0 aliphatic rings. The third-order valence-electron chi connectivity index (χ3n) is 3.54. The predicted octanol–water partition coefficient (Wildman–Crippen LogP) is 5.03. The lowest BCUT2D eigenvalue weighted by molar-refractivity contribution is 0.469. The van der Waals surface area contributed by atoms with Gasteiger partial charge in [-0.15, -0.1) is 5.10 Å². The molecule has 0 unspecified atom stereocenters. The predicted molar refractivity (Wildman–Crippen MR) is 111 cm³/mol. The van der Waals surface area contributed by atoms with Crippen LogP contribution in [0.4, 0.5) is 0 Å². The molecule has 0 aromatic heterocycles. The molecule has 25 heavy (non-hydrogen) atoms. The van der Waals surface area contributed by atoms with Crippen LogP contribution in [0.5, 0.6) is 5.75 Å². The van der Waals surface area contributed by atoms with Crippen molar-refractivity contribution < 1.29 is 5.11 Å². The molecule has 0 aliphatic heterocycles. The summed E-state index contributed by atoms with van der Waals surface area (Å²) in [5.74, 6) is 0.879. The quantitative estimate of drug-likeness (QED) is 0.414. The van der Waals surface area contributed by atoms with Gasteiger partial charge in [-0.05, 0) is 44.6 Å². The van der Waals surface area contributed by atoms with Crippen molar-refractivity contribution >= 4 is 39.1 Å². The van der Waals surface area contributed by atoms with Crippen molar-refractivity contribution in [1.82, 2.24) is 0 Å². The first-order chi connectivity index (χ1) is 11.8. The first-order valence-corrected chi connectivity index (χ1v) is 9.61. The average molecular weight is 420 g/mol. The zero-order chi connectivity index (χ0) is 18.4. The Morgan fingerprint density at radius 3 is 2.56 bits per heavy atom. The molecule has 6 heteroatoms. The molecule has 132 valence electrons. The fourth-order valence-corrected chi connectivity index (χ4v) is 3.15. The molecule has 0 aliphatic carbocycles. The van der Waals surface area contributed by atoms with Gasteiger partial charge in [0.15, 0.2) is 5.17 Å². The number of amidine groups is 1. The lowest BCUT2D eigenvalue weighted by Gasteiger charge is -2.20. The van der Waals surface area contributed by atoms with Crippen molar-refractivity contribution in [2.24, 2.45) is 15.9 Å². The van der Waals surface area contributed by atoms with Crippen molar-refractivity contribution in [3.8, 4) is 5.75 Å². The van der Waals surface area contributed by atoms with Crippen LogP contribution in [0.25, 0.3) is 0 Å². The van der Waals surface area contributed by atoms with Gasteiger partial charge in [-0.3, -0.25) is 0 Å². The molecule has 2 rings (SSSR count). The second-order valence-electron chi connectivity index (χ2n) is 6.60. The van der Waals surface area contributed by atoms with E-state index in [1.54, 1.807) is 0 Å². The lowest BCUT2D eigenvalue weighted by atomic mass is 9.86. The van der Waals surface area contributed by atoms with Gasteiger partial charge in [0.05, 0.1) is 10.7 Å². The zero-order valence-electron chi connectivity index (χ0n) is 14.5. The van der Waals surface area contributed by atoms with Gasteiger partial charge in [0.25, 0.3) is 0 Å². The Kier molecular flexibility index (Phi) is 6.67. The maximum Gasteiger partial charge on any atom is 0.180 e. The number of phenolic OH excluding ortho intramolecular Hbond substituents is 1.